The van der Waals surface area contributed by atoms with Gasteiger partial charge in [-0.1, -0.05) is 60.7 Å². The van der Waals surface area contributed by atoms with Gasteiger partial charge in [-0.05, 0) is 43.2 Å². The Labute approximate surface area is 153 Å². The van der Waals surface area contributed by atoms with Crippen LogP contribution in [0.4, 0.5) is 5.69 Å². The summed E-state index contributed by atoms with van der Waals surface area (Å²) in [5, 5.41) is 2.94. The predicted octanol–water partition coefficient (Wildman–Crippen LogP) is 4.97. The fraction of sp³-hybridized carbons (Fsp3) is 0.130. The minimum Gasteiger partial charge on any atom is -0.326 e. The second-order valence-electron chi connectivity index (χ2n) is 6.40. The average Bonchev–Trinajstić information content (AvgIpc) is 2.67. The summed E-state index contributed by atoms with van der Waals surface area (Å²) in [5.74, 6) is -0.502. The van der Waals surface area contributed by atoms with Gasteiger partial charge in [0.2, 0.25) is 5.91 Å². The van der Waals surface area contributed by atoms with E-state index in [4.69, 9.17) is 0 Å². The normalized spacial score (nSPS) is 11.6. The Morgan fingerprint density at radius 1 is 0.808 bits per heavy atom. The number of nitrogens with one attached hydrogen (secondary N) is 1. The van der Waals surface area contributed by atoms with E-state index in [1.54, 1.807) is 24.3 Å². The van der Waals surface area contributed by atoms with E-state index in [-0.39, 0.29) is 17.6 Å². The molecule has 3 rings (SSSR count). The molecule has 3 aromatic rings. The summed E-state index contributed by atoms with van der Waals surface area (Å²) >= 11 is 0. The molecular weight excluding hydrogens is 322 g/mol. The minimum atomic E-state index is -0.362. The molecular formula is C23H21NO2. The summed E-state index contributed by atoms with van der Waals surface area (Å²) in [6, 6.07) is 24.1. The SMILES string of the molecule is Cc1cccc(NC(=O)C(C)c2cccc(C(=O)c3ccccc3)c2)c1. The van der Waals surface area contributed by atoms with Crippen molar-refractivity contribution < 1.29 is 9.59 Å². The van der Waals surface area contributed by atoms with Crippen LogP contribution in [0.2, 0.25) is 0 Å². The lowest BCUT2D eigenvalue weighted by Crippen LogP contribution is -2.19. The number of aryl methyl sites for hydroxylation is 1. The van der Waals surface area contributed by atoms with Gasteiger partial charge < -0.3 is 5.32 Å². The number of anilines is 1. The van der Waals surface area contributed by atoms with Crippen molar-refractivity contribution in [1.82, 2.24) is 0 Å². The first-order valence-electron chi connectivity index (χ1n) is 8.62. The number of rotatable bonds is 5. The molecule has 1 N–H and O–H groups in total. The Balaban J connectivity index is 1.78. The summed E-state index contributed by atoms with van der Waals surface area (Å²) in [4.78, 5) is 25.2. The Kier molecular flexibility index (Phi) is 5.28. The highest BCUT2D eigenvalue weighted by atomic mass is 16.2. The van der Waals surface area contributed by atoms with E-state index >= 15 is 0 Å². The number of amides is 1. The molecule has 1 unspecified atom stereocenters. The molecule has 0 radical (unpaired) electrons. The zero-order valence-electron chi connectivity index (χ0n) is 14.9. The minimum absolute atomic E-state index is 0.0428. The van der Waals surface area contributed by atoms with Crippen LogP contribution in [0, 0.1) is 6.92 Å². The van der Waals surface area contributed by atoms with E-state index in [1.165, 1.54) is 0 Å². The Morgan fingerprint density at radius 3 is 2.23 bits per heavy atom. The monoisotopic (exact) mass is 343 g/mol. The number of ketones is 1. The van der Waals surface area contributed by atoms with Crippen molar-refractivity contribution in [3.05, 3.63) is 101 Å². The molecule has 0 spiro atoms. The standard InChI is InChI=1S/C23H21NO2/c1-16-8-6-13-21(14-16)24-23(26)17(2)19-11-7-12-20(15-19)22(25)18-9-4-3-5-10-18/h3-15,17H,1-2H3,(H,24,26). The summed E-state index contributed by atoms with van der Waals surface area (Å²) in [7, 11) is 0. The molecule has 1 atom stereocenters. The Hall–Kier alpha value is -3.20. The second kappa shape index (κ2) is 7.79. The van der Waals surface area contributed by atoms with Gasteiger partial charge in [-0.2, -0.15) is 0 Å². The average molecular weight is 343 g/mol. The number of carbonyl (C=O) groups is 2. The van der Waals surface area contributed by atoms with Gasteiger partial charge in [0.05, 0.1) is 5.92 Å². The van der Waals surface area contributed by atoms with Crippen LogP contribution < -0.4 is 5.32 Å². The fourth-order valence-electron chi connectivity index (χ4n) is 2.83. The highest BCUT2D eigenvalue weighted by Gasteiger charge is 2.17. The number of carbonyl (C=O) groups excluding carboxylic acids is 2. The van der Waals surface area contributed by atoms with Gasteiger partial charge in [0.25, 0.3) is 0 Å². The van der Waals surface area contributed by atoms with Crippen LogP contribution in [0.5, 0.6) is 0 Å². The quantitative estimate of drug-likeness (QED) is 0.665. The van der Waals surface area contributed by atoms with Crippen LogP contribution in [0.3, 0.4) is 0 Å². The topological polar surface area (TPSA) is 46.2 Å². The number of benzene rings is 3. The smallest absolute Gasteiger partial charge is 0.231 e. The van der Waals surface area contributed by atoms with Gasteiger partial charge in [0.1, 0.15) is 0 Å². The van der Waals surface area contributed by atoms with Gasteiger partial charge in [-0.3, -0.25) is 9.59 Å². The maximum absolute atomic E-state index is 12.6. The van der Waals surface area contributed by atoms with Gasteiger partial charge in [0, 0.05) is 16.8 Å². The molecule has 26 heavy (non-hydrogen) atoms. The first kappa shape index (κ1) is 17.6. The predicted molar refractivity (Wildman–Crippen MR) is 105 cm³/mol. The molecule has 0 saturated carbocycles. The van der Waals surface area contributed by atoms with Crippen molar-refractivity contribution in [2.75, 3.05) is 5.32 Å². The van der Waals surface area contributed by atoms with E-state index in [0.29, 0.717) is 11.1 Å². The second-order valence-corrected chi connectivity index (χ2v) is 6.40. The summed E-state index contributed by atoms with van der Waals surface area (Å²) in [6.07, 6.45) is 0. The molecule has 3 aromatic carbocycles. The maximum atomic E-state index is 12.6. The third kappa shape index (κ3) is 4.06. The molecule has 1 amide bonds. The fourth-order valence-corrected chi connectivity index (χ4v) is 2.83. The van der Waals surface area contributed by atoms with Crippen LogP contribution >= 0.6 is 0 Å². The van der Waals surface area contributed by atoms with E-state index < -0.39 is 0 Å². The van der Waals surface area contributed by atoms with Crippen molar-refractivity contribution in [2.45, 2.75) is 19.8 Å². The lowest BCUT2D eigenvalue weighted by atomic mass is 9.95. The van der Waals surface area contributed by atoms with Gasteiger partial charge in [-0.25, -0.2) is 0 Å². The zero-order valence-corrected chi connectivity index (χ0v) is 14.9. The molecule has 0 aliphatic carbocycles. The molecule has 0 aliphatic heterocycles. The van der Waals surface area contributed by atoms with Gasteiger partial charge in [0.15, 0.2) is 5.78 Å². The van der Waals surface area contributed by atoms with Crippen LogP contribution in [-0.2, 0) is 4.79 Å². The maximum Gasteiger partial charge on any atom is 0.231 e. The third-order valence-electron chi connectivity index (χ3n) is 4.36. The Bertz CT molecular complexity index is 932. The van der Waals surface area contributed by atoms with Crippen molar-refractivity contribution >= 4 is 17.4 Å². The van der Waals surface area contributed by atoms with Crippen LogP contribution in [0.1, 0.15) is 39.9 Å². The molecule has 3 nitrogen and oxygen atoms in total. The molecule has 130 valence electrons. The molecule has 0 bridgehead atoms. The summed E-state index contributed by atoms with van der Waals surface area (Å²) in [6.45, 7) is 3.83. The highest BCUT2D eigenvalue weighted by Crippen LogP contribution is 2.21. The van der Waals surface area contributed by atoms with E-state index in [9.17, 15) is 9.59 Å². The van der Waals surface area contributed by atoms with Crippen molar-refractivity contribution in [1.29, 1.82) is 0 Å². The van der Waals surface area contributed by atoms with Crippen LogP contribution in [0.25, 0.3) is 0 Å². The highest BCUT2D eigenvalue weighted by molar-refractivity contribution is 6.09. The lowest BCUT2D eigenvalue weighted by molar-refractivity contribution is -0.117. The first-order chi connectivity index (χ1) is 12.5. The van der Waals surface area contributed by atoms with Crippen LogP contribution in [-0.4, -0.2) is 11.7 Å². The van der Waals surface area contributed by atoms with Crippen LogP contribution in [0.15, 0.2) is 78.9 Å². The number of hydrogen-bond donors (Lipinski definition) is 1. The molecule has 0 aliphatic rings. The van der Waals surface area contributed by atoms with Gasteiger partial charge >= 0.3 is 0 Å². The molecule has 3 heteroatoms. The van der Waals surface area contributed by atoms with Crippen molar-refractivity contribution in [3.8, 4) is 0 Å². The van der Waals surface area contributed by atoms with Gasteiger partial charge in [-0.15, -0.1) is 0 Å². The molecule has 0 fully saturated rings. The first-order valence-corrected chi connectivity index (χ1v) is 8.62. The van der Waals surface area contributed by atoms with Crippen molar-refractivity contribution in [3.63, 3.8) is 0 Å². The van der Waals surface area contributed by atoms with E-state index in [2.05, 4.69) is 5.32 Å². The largest absolute Gasteiger partial charge is 0.326 e. The molecule has 0 saturated heterocycles. The molecule has 0 heterocycles. The Morgan fingerprint density at radius 2 is 1.50 bits per heavy atom. The zero-order chi connectivity index (χ0) is 18.5. The van der Waals surface area contributed by atoms with E-state index in [0.717, 1.165) is 16.8 Å². The number of hydrogen-bond acceptors (Lipinski definition) is 2. The lowest BCUT2D eigenvalue weighted by Gasteiger charge is -2.14. The van der Waals surface area contributed by atoms with E-state index in [1.807, 2.05) is 68.4 Å². The summed E-state index contributed by atoms with van der Waals surface area (Å²) in [5.41, 5.74) is 3.91. The summed E-state index contributed by atoms with van der Waals surface area (Å²) < 4.78 is 0. The third-order valence-corrected chi connectivity index (χ3v) is 4.36. The van der Waals surface area contributed by atoms with Crippen molar-refractivity contribution in [2.24, 2.45) is 0 Å². The molecule has 0 aromatic heterocycles.